The standard InChI is InChI=1S/C24H42O8S.Na/c1-22(2,3)17-23(4,5)18-7-9-21(10-8-18)32-24(13-19(27)15-25,14-20(28)16-26)11-6-12-33(29,30)31;/h7-10,19-20,25-28H,6,11-17H2,1-5H3,(H,29,30,31);/q;+1/p-1. The summed E-state index contributed by atoms with van der Waals surface area (Å²) in [5.41, 5.74) is -0.136. The van der Waals surface area contributed by atoms with Crippen LogP contribution in [0, 0.1) is 5.41 Å². The Morgan fingerprint density at radius 1 is 0.941 bits per heavy atom. The molecule has 8 nitrogen and oxygen atoms in total. The molecule has 0 aromatic heterocycles. The number of ether oxygens (including phenoxy) is 1. The largest absolute Gasteiger partial charge is 1.00 e. The number of hydrogen-bond donors (Lipinski definition) is 4. The second-order valence-electron chi connectivity index (χ2n) is 10.9. The van der Waals surface area contributed by atoms with E-state index in [-0.39, 0.29) is 66.1 Å². The van der Waals surface area contributed by atoms with Crippen molar-refractivity contribution in [3.63, 3.8) is 0 Å². The Hall–Kier alpha value is -0.230. The summed E-state index contributed by atoms with van der Waals surface area (Å²) < 4.78 is 39.5. The number of rotatable bonds is 14. The molecule has 0 aliphatic heterocycles. The fourth-order valence-electron chi connectivity index (χ4n) is 4.63. The third kappa shape index (κ3) is 12.6. The van der Waals surface area contributed by atoms with Crippen molar-refractivity contribution in [1.29, 1.82) is 0 Å². The summed E-state index contributed by atoms with van der Waals surface area (Å²) in [4.78, 5) is 0. The molecule has 1 rings (SSSR count). The fraction of sp³-hybridized carbons (Fsp3) is 0.750. The zero-order valence-corrected chi connectivity index (χ0v) is 24.3. The Balaban J connectivity index is 0.0000109. The molecule has 10 heteroatoms. The van der Waals surface area contributed by atoms with Gasteiger partial charge in [-0.25, -0.2) is 8.42 Å². The van der Waals surface area contributed by atoms with Crippen LogP contribution < -0.4 is 34.3 Å². The number of hydrogen-bond acceptors (Lipinski definition) is 8. The normalized spacial score (nSPS) is 16.3. The maximum Gasteiger partial charge on any atom is 1.00 e. The number of aliphatic hydroxyl groups is 4. The van der Waals surface area contributed by atoms with Crippen molar-refractivity contribution in [2.45, 2.75) is 89.9 Å². The van der Waals surface area contributed by atoms with Gasteiger partial charge in [0.2, 0.25) is 0 Å². The van der Waals surface area contributed by atoms with Gasteiger partial charge in [0.1, 0.15) is 11.4 Å². The molecule has 2 unspecified atom stereocenters. The molecule has 0 spiro atoms. The van der Waals surface area contributed by atoms with Gasteiger partial charge in [0.15, 0.2) is 0 Å². The van der Waals surface area contributed by atoms with E-state index in [4.69, 9.17) is 4.74 Å². The Labute approximate surface area is 226 Å². The van der Waals surface area contributed by atoms with Crippen LogP contribution in [0.25, 0.3) is 0 Å². The smallest absolute Gasteiger partial charge is 0.748 e. The van der Waals surface area contributed by atoms with Gasteiger partial charge in [0.25, 0.3) is 0 Å². The molecule has 0 amide bonds. The predicted octanol–water partition coefficient (Wildman–Crippen LogP) is -0.666. The van der Waals surface area contributed by atoms with Crippen LogP contribution in [0.5, 0.6) is 5.75 Å². The zero-order valence-electron chi connectivity index (χ0n) is 21.5. The molecule has 0 radical (unpaired) electrons. The first-order chi connectivity index (χ1) is 15.0. The van der Waals surface area contributed by atoms with Crippen LogP contribution in [0.4, 0.5) is 0 Å². The second-order valence-corrected chi connectivity index (χ2v) is 12.4. The van der Waals surface area contributed by atoms with Gasteiger partial charge in [-0.1, -0.05) is 46.8 Å². The maximum atomic E-state index is 11.1. The van der Waals surface area contributed by atoms with Gasteiger partial charge in [0.05, 0.1) is 35.5 Å². The molecule has 0 fully saturated rings. The van der Waals surface area contributed by atoms with E-state index in [0.29, 0.717) is 5.75 Å². The van der Waals surface area contributed by atoms with Crippen molar-refractivity contribution in [2.24, 2.45) is 5.41 Å². The van der Waals surface area contributed by atoms with E-state index in [1.54, 1.807) is 12.1 Å². The number of aliphatic hydroxyl groups excluding tert-OH is 4. The number of benzene rings is 1. The van der Waals surface area contributed by atoms with Crippen molar-refractivity contribution in [3.8, 4) is 5.75 Å². The van der Waals surface area contributed by atoms with Crippen molar-refractivity contribution < 1.29 is 67.7 Å². The molecule has 0 aliphatic rings. The zero-order chi connectivity index (χ0) is 25.5. The van der Waals surface area contributed by atoms with Gasteiger partial charge in [0, 0.05) is 18.6 Å². The molecular formula is C24H41NaO8S. The molecule has 0 bridgehead atoms. The molecule has 4 N–H and O–H groups in total. The van der Waals surface area contributed by atoms with Crippen LogP contribution in [0.1, 0.15) is 72.3 Å². The van der Waals surface area contributed by atoms with E-state index in [9.17, 15) is 33.4 Å². The Bertz CT molecular complexity index is 806. The molecular weight excluding hydrogens is 471 g/mol. The monoisotopic (exact) mass is 512 g/mol. The molecule has 2 atom stereocenters. The van der Waals surface area contributed by atoms with Gasteiger partial charge >= 0.3 is 29.6 Å². The Morgan fingerprint density at radius 2 is 1.41 bits per heavy atom. The average molecular weight is 513 g/mol. The van der Waals surface area contributed by atoms with E-state index < -0.39 is 46.9 Å². The Morgan fingerprint density at radius 3 is 1.79 bits per heavy atom. The van der Waals surface area contributed by atoms with Crippen LogP contribution in [0.15, 0.2) is 24.3 Å². The summed E-state index contributed by atoms with van der Waals surface area (Å²) in [5, 5.41) is 39.0. The maximum absolute atomic E-state index is 11.1. The average Bonchev–Trinajstić information content (AvgIpc) is 2.65. The predicted molar refractivity (Wildman–Crippen MR) is 126 cm³/mol. The van der Waals surface area contributed by atoms with Gasteiger partial charge in [-0.2, -0.15) is 0 Å². The van der Waals surface area contributed by atoms with Crippen molar-refractivity contribution in [2.75, 3.05) is 19.0 Å². The topological polar surface area (TPSA) is 147 Å². The summed E-state index contributed by atoms with van der Waals surface area (Å²) in [6, 6.07) is 7.43. The second kappa shape index (κ2) is 13.9. The van der Waals surface area contributed by atoms with Crippen molar-refractivity contribution in [3.05, 3.63) is 29.8 Å². The minimum Gasteiger partial charge on any atom is -0.748 e. The first-order valence-electron chi connectivity index (χ1n) is 11.3. The minimum atomic E-state index is -4.45. The molecule has 0 aliphatic carbocycles. The SMILES string of the molecule is CC(C)(C)CC(C)(C)c1ccc(OC(CCCS(=O)(=O)[O-])(CC(O)CO)CC(O)CO)cc1.[Na+]. The van der Waals surface area contributed by atoms with E-state index in [1.165, 1.54) is 0 Å². The fourth-order valence-corrected chi connectivity index (χ4v) is 5.13. The van der Waals surface area contributed by atoms with Crippen LogP contribution in [0.2, 0.25) is 0 Å². The van der Waals surface area contributed by atoms with E-state index in [1.807, 2.05) is 12.1 Å². The molecule has 0 saturated heterocycles. The molecule has 34 heavy (non-hydrogen) atoms. The molecule has 0 heterocycles. The van der Waals surface area contributed by atoms with E-state index in [0.717, 1.165) is 12.0 Å². The first kappa shape index (κ1) is 33.8. The molecule has 1 aromatic rings. The first-order valence-corrected chi connectivity index (χ1v) is 12.9. The summed E-state index contributed by atoms with van der Waals surface area (Å²) in [7, 11) is -4.45. The van der Waals surface area contributed by atoms with Gasteiger partial charge in [-0.05, 0) is 47.8 Å². The third-order valence-corrected chi connectivity index (χ3v) is 6.39. The van der Waals surface area contributed by atoms with Gasteiger partial charge in [-0.3, -0.25) is 0 Å². The quantitative estimate of drug-likeness (QED) is 0.190. The van der Waals surface area contributed by atoms with Gasteiger partial charge < -0.3 is 29.7 Å². The summed E-state index contributed by atoms with van der Waals surface area (Å²) in [5.74, 6) is -0.187. The molecule has 192 valence electrons. The molecule has 1 aromatic carbocycles. The summed E-state index contributed by atoms with van der Waals surface area (Å²) in [6.45, 7) is 9.76. The van der Waals surface area contributed by atoms with Crippen LogP contribution in [0.3, 0.4) is 0 Å². The van der Waals surface area contributed by atoms with Crippen molar-refractivity contribution in [1.82, 2.24) is 0 Å². The van der Waals surface area contributed by atoms with Crippen LogP contribution >= 0.6 is 0 Å². The van der Waals surface area contributed by atoms with Crippen LogP contribution in [-0.4, -0.2) is 70.2 Å². The van der Waals surface area contributed by atoms with E-state index >= 15 is 0 Å². The summed E-state index contributed by atoms with van der Waals surface area (Å²) in [6.07, 6.45) is -1.68. The van der Waals surface area contributed by atoms with Gasteiger partial charge in [-0.15, -0.1) is 0 Å². The van der Waals surface area contributed by atoms with E-state index in [2.05, 4.69) is 34.6 Å². The Kier molecular flexibility index (Phi) is 13.8. The van der Waals surface area contributed by atoms with Crippen LogP contribution in [-0.2, 0) is 15.5 Å². The minimum absolute atomic E-state index is 0. The third-order valence-electron chi connectivity index (χ3n) is 5.61. The molecule has 0 saturated carbocycles. The summed E-state index contributed by atoms with van der Waals surface area (Å²) >= 11 is 0. The van der Waals surface area contributed by atoms with Crippen molar-refractivity contribution >= 4 is 10.1 Å².